The average molecular weight is 331 g/mol. The number of benzene rings is 2. The number of hydrogen-bond acceptors (Lipinski definition) is 2. The molecule has 0 aliphatic carbocycles. The van der Waals surface area contributed by atoms with Crippen molar-refractivity contribution >= 4 is 24.2 Å². The van der Waals surface area contributed by atoms with E-state index in [1.807, 2.05) is 36.4 Å². The van der Waals surface area contributed by atoms with Gasteiger partial charge in [0.1, 0.15) is 0 Å². The van der Waals surface area contributed by atoms with Crippen molar-refractivity contribution in [1.82, 2.24) is 0 Å². The molecule has 0 amide bonds. The molecule has 0 aromatic heterocycles. The third-order valence-corrected chi connectivity index (χ3v) is 4.60. The van der Waals surface area contributed by atoms with Crippen molar-refractivity contribution in [2.45, 2.75) is 33.3 Å². The summed E-state index contributed by atoms with van der Waals surface area (Å²) in [6.07, 6.45) is 0. The maximum Gasteiger partial charge on any atom is 0.494 e. The predicted molar refractivity (Wildman–Crippen MR) is 99.3 cm³/mol. The second-order valence-electron chi connectivity index (χ2n) is 6.54. The molecule has 0 atom stereocenters. The van der Waals surface area contributed by atoms with Crippen LogP contribution in [0.2, 0.25) is 5.02 Å². The summed E-state index contributed by atoms with van der Waals surface area (Å²) < 4.78 is 11.9. The van der Waals surface area contributed by atoms with Crippen LogP contribution in [0.5, 0.6) is 0 Å². The van der Waals surface area contributed by atoms with Crippen molar-refractivity contribution < 1.29 is 9.31 Å². The molecule has 23 heavy (non-hydrogen) atoms. The van der Waals surface area contributed by atoms with E-state index in [4.69, 9.17) is 20.9 Å². The summed E-state index contributed by atoms with van der Waals surface area (Å²) in [4.78, 5) is 0. The number of rotatable bonds is 6. The van der Waals surface area contributed by atoms with Gasteiger partial charge < -0.3 is 9.31 Å². The highest BCUT2D eigenvalue weighted by Crippen LogP contribution is 2.25. The Morgan fingerprint density at radius 2 is 1.70 bits per heavy atom. The number of hydrogen-bond donors (Lipinski definition) is 0. The van der Waals surface area contributed by atoms with Crippen LogP contribution in [0.25, 0.3) is 11.1 Å². The van der Waals surface area contributed by atoms with Crippen LogP contribution < -0.4 is 5.46 Å². The zero-order valence-corrected chi connectivity index (χ0v) is 15.2. The normalized spacial score (nSPS) is 11.8. The van der Waals surface area contributed by atoms with Crippen LogP contribution in [0, 0.1) is 5.92 Å². The maximum atomic E-state index is 6.27. The molecule has 0 saturated carbocycles. The Bertz CT molecular complexity index is 641. The number of halogens is 1. The molecule has 2 aromatic carbocycles. The van der Waals surface area contributed by atoms with Crippen molar-refractivity contribution in [2.24, 2.45) is 5.92 Å². The first kappa shape index (κ1) is 18.1. The third-order valence-electron chi connectivity index (χ3n) is 4.37. The highest BCUT2D eigenvalue weighted by Gasteiger charge is 2.33. The van der Waals surface area contributed by atoms with E-state index in [1.54, 1.807) is 7.11 Å². The van der Waals surface area contributed by atoms with Crippen LogP contribution in [-0.2, 0) is 9.31 Å². The van der Waals surface area contributed by atoms with E-state index in [2.05, 4.69) is 39.8 Å². The fraction of sp³-hybridized carbons (Fsp3) is 0.368. The molecule has 122 valence electrons. The van der Waals surface area contributed by atoms with Crippen LogP contribution in [0.4, 0.5) is 0 Å². The smallest absolute Gasteiger partial charge is 0.410 e. The van der Waals surface area contributed by atoms with Gasteiger partial charge in [0.05, 0.1) is 5.60 Å². The minimum atomic E-state index is -0.471. The summed E-state index contributed by atoms with van der Waals surface area (Å²) >= 11 is 6.23. The Hall–Kier alpha value is -1.29. The lowest BCUT2D eigenvalue weighted by Crippen LogP contribution is -2.46. The minimum absolute atomic E-state index is 0.309. The minimum Gasteiger partial charge on any atom is -0.410 e. The Morgan fingerprint density at radius 1 is 1.04 bits per heavy atom. The second kappa shape index (κ2) is 7.52. The van der Waals surface area contributed by atoms with Gasteiger partial charge in [-0.3, -0.25) is 0 Å². The molecule has 0 aliphatic rings. The van der Waals surface area contributed by atoms with Gasteiger partial charge in [0, 0.05) is 12.1 Å². The van der Waals surface area contributed by atoms with Crippen LogP contribution in [0.3, 0.4) is 0 Å². The fourth-order valence-corrected chi connectivity index (χ4v) is 2.44. The molecule has 0 aliphatic heterocycles. The Morgan fingerprint density at radius 3 is 2.26 bits per heavy atom. The van der Waals surface area contributed by atoms with Crippen molar-refractivity contribution in [3.8, 4) is 11.1 Å². The van der Waals surface area contributed by atoms with Crippen LogP contribution in [0.15, 0.2) is 48.5 Å². The lowest BCUT2D eigenvalue weighted by Gasteiger charge is -2.33. The first-order chi connectivity index (χ1) is 10.8. The largest absolute Gasteiger partial charge is 0.494 e. The second-order valence-corrected chi connectivity index (χ2v) is 6.98. The van der Waals surface area contributed by atoms with E-state index in [0.29, 0.717) is 10.9 Å². The highest BCUT2D eigenvalue weighted by molar-refractivity contribution is 6.63. The monoisotopic (exact) mass is 330 g/mol. The van der Waals surface area contributed by atoms with Crippen LogP contribution in [-0.4, -0.2) is 19.8 Å². The molecule has 2 aromatic rings. The van der Waals surface area contributed by atoms with Crippen LogP contribution in [0.1, 0.15) is 27.7 Å². The van der Waals surface area contributed by atoms with Gasteiger partial charge in [0.25, 0.3) is 0 Å². The van der Waals surface area contributed by atoms with E-state index < -0.39 is 7.12 Å². The summed E-state index contributed by atoms with van der Waals surface area (Å²) in [6, 6.07) is 16.0. The average Bonchev–Trinajstić information content (AvgIpc) is 2.53. The van der Waals surface area contributed by atoms with Crippen molar-refractivity contribution in [3.05, 3.63) is 53.6 Å². The summed E-state index contributed by atoms with van der Waals surface area (Å²) in [5.41, 5.74) is 2.82. The van der Waals surface area contributed by atoms with E-state index in [9.17, 15) is 0 Å². The predicted octanol–water partition coefficient (Wildman–Crippen LogP) is 4.80. The van der Waals surface area contributed by atoms with E-state index in [-0.39, 0.29) is 5.60 Å². The molecule has 2 rings (SSSR count). The van der Waals surface area contributed by atoms with E-state index in [0.717, 1.165) is 16.6 Å². The highest BCUT2D eigenvalue weighted by atomic mass is 35.5. The SMILES string of the molecule is COB(OC(C)(C)C(C)C)c1cc(Cl)ccc1-c1ccccc1. The first-order valence-electron chi connectivity index (χ1n) is 7.90. The Kier molecular flexibility index (Phi) is 5.91. The van der Waals surface area contributed by atoms with E-state index >= 15 is 0 Å². The zero-order chi connectivity index (χ0) is 17.0. The molecular formula is C19H24BClO2. The van der Waals surface area contributed by atoms with Gasteiger partial charge in [-0.2, -0.15) is 0 Å². The van der Waals surface area contributed by atoms with Crippen LogP contribution >= 0.6 is 11.6 Å². The third kappa shape index (κ3) is 4.38. The quantitative estimate of drug-likeness (QED) is 0.708. The van der Waals surface area contributed by atoms with Gasteiger partial charge in [0.15, 0.2) is 0 Å². The van der Waals surface area contributed by atoms with Gasteiger partial charge in [-0.25, -0.2) is 0 Å². The standard InChI is InChI=1S/C19H24BClO2/c1-14(2)19(3,4)23-20(22-5)18-13-16(21)11-12-17(18)15-9-7-6-8-10-15/h6-14H,1-5H3. The summed E-state index contributed by atoms with van der Waals surface area (Å²) in [6.45, 7) is 8.44. The van der Waals surface area contributed by atoms with Crippen molar-refractivity contribution in [1.29, 1.82) is 0 Å². The maximum absolute atomic E-state index is 6.27. The lowest BCUT2D eigenvalue weighted by atomic mass is 9.73. The Labute approximate surface area is 144 Å². The molecule has 0 saturated heterocycles. The molecule has 0 N–H and O–H groups in total. The van der Waals surface area contributed by atoms with Gasteiger partial charge in [-0.1, -0.05) is 61.8 Å². The molecule has 0 heterocycles. The molecule has 0 radical (unpaired) electrons. The summed E-state index contributed by atoms with van der Waals surface area (Å²) in [5, 5.41) is 0.674. The lowest BCUT2D eigenvalue weighted by molar-refractivity contribution is 0.0372. The molecule has 2 nitrogen and oxygen atoms in total. The molecule has 4 heteroatoms. The summed E-state index contributed by atoms with van der Waals surface area (Å²) in [7, 11) is 1.19. The molecule has 0 fully saturated rings. The van der Waals surface area contributed by atoms with Gasteiger partial charge in [0.2, 0.25) is 0 Å². The van der Waals surface area contributed by atoms with Crippen molar-refractivity contribution in [2.75, 3.05) is 7.11 Å². The van der Waals surface area contributed by atoms with Gasteiger partial charge in [-0.05, 0) is 48.5 Å². The zero-order valence-electron chi connectivity index (χ0n) is 14.5. The molecule has 0 bridgehead atoms. The Balaban J connectivity index is 2.46. The topological polar surface area (TPSA) is 18.5 Å². The van der Waals surface area contributed by atoms with Crippen molar-refractivity contribution in [3.63, 3.8) is 0 Å². The molecule has 0 spiro atoms. The van der Waals surface area contributed by atoms with Gasteiger partial charge >= 0.3 is 7.12 Å². The molecule has 0 unspecified atom stereocenters. The van der Waals surface area contributed by atoms with Gasteiger partial charge in [-0.15, -0.1) is 0 Å². The molecular weight excluding hydrogens is 306 g/mol. The fourth-order valence-electron chi connectivity index (χ4n) is 2.26. The van der Waals surface area contributed by atoms with E-state index in [1.165, 1.54) is 0 Å². The first-order valence-corrected chi connectivity index (χ1v) is 8.28. The summed E-state index contributed by atoms with van der Waals surface area (Å²) in [5.74, 6) is 0.361.